The number of H-pyrrole nitrogens is 1. The van der Waals surface area contributed by atoms with Gasteiger partial charge in [0, 0.05) is 24.2 Å². The van der Waals surface area contributed by atoms with Crippen LogP contribution in [-0.2, 0) is 14.0 Å². The first-order valence-corrected chi connectivity index (χ1v) is 12.5. The molecule has 7 nitrogen and oxygen atoms in total. The molecule has 3 aromatic rings. The molecule has 0 saturated carbocycles. The van der Waals surface area contributed by atoms with Crippen molar-refractivity contribution in [2.75, 3.05) is 13.2 Å². The van der Waals surface area contributed by atoms with Gasteiger partial charge in [0.05, 0.1) is 11.2 Å². The Balaban J connectivity index is 1.30. The first-order valence-electron chi connectivity index (χ1n) is 12.5. The van der Waals surface area contributed by atoms with Crippen molar-refractivity contribution in [3.63, 3.8) is 0 Å². The number of alkyl carbamates (subject to hydrolysis) is 1. The van der Waals surface area contributed by atoms with Gasteiger partial charge in [0.2, 0.25) is 0 Å². The predicted octanol–water partition coefficient (Wildman–Crippen LogP) is 4.93. The van der Waals surface area contributed by atoms with E-state index in [4.69, 9.17) is 14.0 Å². The van der Waals surface area contributed by atoms with Gasteiger partial charge in [0.25, 0.3) is 5.56 Å². The van der Waals surface area contributed by atoms with Crippen LogP contribution in [0.15, 0.2) is 77.1 Å². The largest absolute Gasteiger partial charge is 0.492 e. The van der Waals surface area contributed by atoms with Crippen molar-refractivity contribution in [1.29, 1.82) is 0 Å². The molecule has 190 valence electrons. The minimum Gasteiger partial charge on any atom is -0.449 e. The number of rotatable bonds is 6. The average molecular weight is 498 g/mol. The Bertz CT molecular complexity index is 1350. The van der Waals surface area contributed by atoms with E-state index in [-0.39, 0.29) is 24.6 Å². The molecule has 0 unspecified atom stereocenters. The fourth-order valence-electron chi connectivity index (χ4n) is 4.77. The van der Waals surface area contributed by atoms with E-state index in [9.17, 15) is 9.59 Å². The molecule has 2 aromatic carbocycles. The standard InChI is InChI=1S/C29H31BN2O5/c1-28(2)29(3,4)37-30(36-28)20(16-19-10-9-15-31-26(19)33)17-32-27(34)35-18-25-23-13-7-5-11-21(23)22-12-6-8-14-24(22)25/h5-16,25H,17-18H2,1-4H3,(H,31,33)(H,32,34). The molecule has 8 heteroatoms. The van der Waals surface area contributed by atoms with Crippen LogP contribution in [0.4, 0.5) is 4.79 Å². The maximum atomic E-state index is 12.8. The number of carbonyl (C=O) groups excluding carboxylic acids is 1. The van der Waals surface area contributed by atoms with Crippen molar-refractivity contribution in [3.05, 3.63) is 99.4 Å². The number of aromatic nitrogens is 1. The molecule has 5 rings (SSSR count). The zero-order chi connectivity index (χ0) is 26.2. The Morgan fingerprint density at radius 1 is 0.973 bits per heavy atom. The van der Waals surface area contributed by atoms with E-state index in [1.807, 2.05) is 52.0 Å². The molecule has 1 fully saturated rings. The molecule has 1 aromatic heterocycles. The summed E-state index contributed by atoms with van der Waals surface area (Å²) in [5.41, 5.74) is 4.34. The molecule has 1 aliphatic heterocycles. The summed E-state index contributed by atoms with van der Waals surface area (Å²) in [6.07, 6.45) is 2.72. The van der Waals surface area contributed by atoms with Crippen LogP contribution in [0.1, 0.15) is 50.3 Å². The molecule has 37 heavy (non-hydrogen) atoms. The van der Waals surface area contributed by atoms with E-state index in [0.29, 0.717) is 11.0 Å². The van der Waals surface area contributed by atoms with Gasteiger partial charge in [0.15, 0.2) is 0 Å². The van der Waals surface area contributed by atoms with Crippen LogP contribution in [0, 0.1) is 0 Å². The lowest BCUT2D eigenvalue weighted by molar-refractivity contribution is 0.00578. The van der Waals surface area contributed by atoms with Gasteiger partial charge in [-0.1, -0.05) is 54.6 Å². The summed E-state index contributed by atoms with van der Waals surface area (Å²) in [5.74, 6) is -0.0286. The van der Waals surface area contributed by atoms with Crippen molar-refractivity contribution in [3.8, 4) is 11.1 Å². The fourth-order valence-corrected chi connectivity index (χ4v) is 4.77. The summed E-state index contributed by atoms with van der Waals surface area (Å²) in [6.45, 7) is 8.14. The van der Waals surface area contributed by atoms with E-state index in [0.717, 1.165) is 11.1 Å². The summed E-state index contributed by atoms with van der Waals surface area (Å²) in [7, 11) is -0.724. The Morgan fingerprint density at radius 3 is 2.16 bits per heavy atom. The number of carbonyl (C=O) groups is 1. The Kier molecular flexibility index (Phi) is 6.56. The van der Waals surface area contributed by atoms with Crippen LogP contribution in [0.3, 0.4) is 0 Å². The van der Waals surface area contributed by atoms with Crippen molar-refractivity contribution < 1.29 is 18.8 Å². The first-order chi connectivity index (χ1) is 17.7. The first kappa shape index (κ1) is 25.1. The molecule has 0 spiro atoms. The molecule has 1 saturated heterocycles. The fraction of sp³-hybridized carbons (Fsp3) is 0.310. The highest BCUT2D eigenvalue weighted by atomic mass is 16.7. The summed E-state index contributed by atoms with van der Waals surface area (Å²) in [5, 5.41) is 2.82. The topological polar surface area (TPSA) is 89.7 Å². The van der Waals surface area contributed by atoms with Crippen LogP contribution < -0.4 is 10.9 Å². The number of hydrogen-bond donors (Lipinski definition) is 2. The van der Waals surface area contributed by atoms with E-state index >= 15 is 0 Å². The van der Waals surface area contributed by atoms with Crippen molar-refractivity contribution in [2.24, 2.45) is 0 Å². The number of fused-ring (bicyclic) bond motifs is 3. The molecule has 0 atom stereocenters. The van der Waals surface area contributed by atoms with Crippen LogP contribution in [0.2, 0.25) is 0 Å². The Labute approximate surface area is 217 Å². The van der Waals surface area contributed by atoms with E-state index < -0.39 is 24.4 Å². The highest BCUT2D eigenvalue weighted by Crippen LogP contribution is 2.44. The van der Waals surface area contributed by atoms with Gasteiger partial charge in [-0.05, 0) is 67.6 Å². The maximum Gasteiger partial charge on any atom is 0.492 e. The minimum absolute atomic E-state index is 0.0286. The highest BCUT2D eigenvalue weighted by molar-refractivity contribution is 6.56. The third-order valence-corrected chi connectivity index (χ3v) is 7.53. The third kappa shape index (κ3) is 4.87. The predicted molar refractivity (Wildman–Crippen MR) is 144 cm³/mol. The number of hydrogen-bond acceptors (Lipinski definition) is 5. The second kappa shape index (κ2) is 9.69. The third-order valence-electron chi connectivity index (χ3n) is 7.53. The zero-order valence-corrected chi connectivity index (χ0v) is 21.5. The van der Waals surface area contributed by atoms with E-state index in [1.165, 1.54) is 11.1 Å². The van der Waals surface area contributed by atoms with E-state index in [1.54, 1.807) is 24.4 Å². The van der Waals surface area contributed by atoms with Crippen LogP contribution in [0.5, 0.6) is 0 Å². The van der Waals surface area contributed by atoms with Gasteiger partial charge in [-0.15, -0.1) is 0 Å². The summed E-state index contributed by atoms with van der Waals surface area (Å²) in [6, 6.07) is 19.9. The Hall–Kier alpha value is -3.62. The molecular weight excluding hydrogens is 467 g/mol. The number of ether oxygens (including phenoxy) is 1. The van der Waals surface area contributed by atoms with Crippen LogP contribution in [0.25, 0.3) is 17.2 Å². The lowest BCUT2D eigenvalue weighted by Gasteiger charge is -2.32. The number of aromatic amines is 1. The van der Waals surface area contributed by atoms with Gasteiger partial charge >= 0.3 is 13.2 Å². The van der Waals surface area contributed by atoms with Crippen LogP contribution >= 0.6 is 0 Å². The monoisotopic (exact) mass is 498 g/mol. The number of pyridine rings is 1. The number of nitrogens with one attached hydrogen (secondary N) is 2. The second-order valence-electron chi connectivity index (χ2n) is 10.4. The normalized spacial score (nSPS) is 17.8. The van der Waals surface area contributed by atoms with Gasteiger partial charge in [-0.3, -0.25) is 4.79 Å². The molecule has 0 bridgehead atoms. The number of amides is 1. The smallest absolute Gasteiger partial charge is 0.449 e. The average Bonchev–Trinajstić information content (AvgIpc) is 3.30. The summed E-state index contributed by atoms with van der Waals surface area (Å²) < 4.78 is 18.1. The molecule has 2 heterocycles. The minimum atomic E-state index is -0.724. The molecule has 1 amide bonds. The van der Waals surface area contributed by atoms with Crippen molar-refractivity contribution >= 4 is 19.3 Å². The van der Waals surface area contributed by atoms with Crippen molar-refractivity contribution in [2.45, 2.75) is 44.8 Å². The Morgan fingerprint density at radius 2 is 1.57 bits per heavy atom. The van der Waals surface area contributed by atoms with Gasteiger partial charge in [-0.25, -0.2) is 4.79 Å². The van der Waals surface area contributed by atoms with Gasteiger partial charge in [0.1, 0.15) is 6.61 Å². The molecule has 2 N–H and O–H groups in total. The molecule has 1 aliphatic carbocycles. The number of benzene rings is 2. The van der Waals surface area contributed by atoms with E-state index in [2.05, 4.69) is 34.6 Å². The van der Waals surface area contributed by atoms with Crippen LogP contribution in [-0.4, -0.2) is 42.5 Å². The van der Waals surface area contributed by atoms with Gasteiger partial charge in [-0.2, -0.15) is 0 Å². The molecule has 0 radical (unpaired) electrons. The van der Waals surface area contributed by atoms with Gasteiger partial charge < -0.3 is 24.3 Å². The SMILES string of the molecule is CC1(C)OB(C(=Cc2ccc[nH]c2=O)CNC(=O)OCC2c3ccccc3-c3ccccc32)OC1(C)C. The second-order valence-corrected chi connectivity index (χ2v) is 10.4. The summed E-state index contributed by atoms with van der Waals surface area (Å²) in [4.78, 5) is 27.8. The molecule has 2 aliphatic rings. The molecular formula is C29H31BN2O5. The lowest BCUT2D eigenvalue weighted by Crippen LogP contribution is -2.41. The van der Waals surface area contributed by atoms with Crippen molar-refractivity contribution in [1.82, 2.24) is 10.3 Å². The zero-order valence-electron chi connectivity index (χ0n) is 21.5. The quantitative estimate of drug-likeness (QED) is 0.471. The lowest BCUT2D eigenvalue weighted by atomic mass is 9.77. The summed E-state index contributed by atoms with van der Waals surface area (Å²) >= 11 is 0. The maximum absolute atomic E-state index is 12.8. The highest BCUT2D eigenvalue weighted by Gasteiger charge is 2.52.